The molecule has 29 heavy (non-hydrogen) atoms. The minimum atomic E-state index is -0.447. The van der Waals surface area contributed by atoms with Crippen molar-refractivity contribution in [1.82, 2.24) is 15.3 Å². The van der Waals surface area contributed by atoms with Crippen LogP contribution in [0.3, 0.4) is 0 Å². The van der Waals surface area contributed by atoms with Crippen molar-refractivity contribution in [2.75, 3.05) is 6.61 Å². The highest BCUT2D eigenvalue weighted by Gasteiger charge is 2.16. The monoisotopic (exact) mass is 429 g/mol. The first-order valence-electron chi connectivity index (χ1n) is 9.04. The number of aromatic nitrogens is 2. The van der Waals surface area contributed by atoms with Crippen LogP contribution in [-0.4, -0.2) is 28.5 Å². The molecule has 3 rings (SSSR count). The van der Waals surface area contributed by atoms with E-state index < -0.39 is 5.97 Å². The fourth-order valence-electron chi connectivity index (χ4n) is 2.76. The molecule has 0 aliphatic rings. The second kappa shape index (κ2) is 9.15. The predicted octanol–water partition coefficient (Wildman–Crippen LogP) is 4.58. The molecule has 0 unspecified atom stereocenters. The van der Waals surface area contributed by atoms with E-state index in [1.54, 1.807) is 19.9 Å². The largest absolute Gasteiger partial charge is 0.462 e. The molecule has 2 aromatic heterocycles. The molecule has 1 N–H and O–H groups in total. The number of rotatable bonds is 6. The minimum absolute atomic E-state index is 0.238. The number of benzene rings is 1. The van der Waals surface area contributed by atoms with Crippen LogP contribution >= 0.6 is 22.9 Å². The third kappa shape index (κ3) is 4.99. The topological polar surface area (TPSA) is 81.2 Å². The van der Waals surface area contributed by atoms with Gasteiger partial charge in [-0.15, -0.1) is 11.3 Å². The molecule has 6 nitrogen and oxygen atoms in total. The molecule has 0 spiro atoms. The van der Waals surface area contributed by atoms with Gasteiger partial charge in [0.05, 0.1) is 30.1 Å². The molecule has 2 heterocycles. The van der Waals surface area contributed by atoms with Gasteiger partial charge in [0.1, 0.15) is 10.7 Å². The third-order valence-corrected chi connectivity index (χ3v) is 5.40. The maximum Gasteiger partial charge on any atom is 0.339 e. The molecule has 3 aromatic rings. The Hall–Kier alpha value is -2.77. The van der Waals surface area contributed by atoms with Crippen LogP contribution in [0.1, 0.15) is 43.3 Å². The highest BCUT2D eigenvalue weighted by Crippen LogP contribution is 2.28. The van der Waals surface area contributed by atoms with Gasteiger partial charge < -0.3 is 10.1 Å². The van der Waals surface area contributed by atoms with Gasteiger partial charge in [0.15, 0.2) is 0 Å². The molecule has 1 amide bonds. The van der Waals surface area contributed by atoms with Crippen molar-refractivity contribution in [2.45, 2.75) is 27.3 Å². The normalized spacial score (nSPS) is 10.6. The van der Waals surface area contributed by atoms with Crippen LogP contribution in [0.5, 0.6) is 0 Å². The van der Waals surface area contributed by atoms with E-state index in [4.69, 9.17) is 16.3 Å². The molecule has 0 saturated heterocycles. The number of halogens is 1. The summed E-state index contributed by atoms with van der Waals surface area (Å²) in [7, 11) is 0. The zero-order valence-corrected chi connectivity index (χ0v) is 17.9. The fraction of sp³-hybridized carbons (Fsp3) is 0.238. The number of nitrogens with zero attached hydrogens (tertiary/aromatic N) is 2. The van der Waals surface area contributed by atoms with E-state index in [1.807, 2.05) is 31.2 Å². The van der Waals surface area contributed by atoms with Crippen LogP contribution in [0.2, 0.25) is 5.02 Å². The minimum Gasteiger partial charge on any atom is -0.462 e. The maximum atomic E-state index is 12.4. The molecule has 0 aliphatic heterocycles. The Labute approximate surface area is 177 Å². The summed E-state index contributed by atoms with van der Waals surface area (Å²) in [6.07, 6.45) is 0. The lowest BCUT2D eigenvalue weighted by Crippen LogP contribution is -2.24. The lowest BCUT2D eigenvalue weighted by molar-refractivity contribution is 0.0524. The van der Waals surface area contributed by atoms with Crippen molar-refractivity contribution in [1.29, 1.82) is 0 Å². The van der Waals surface area contributed by atoms with Crippen LogP contribution in [0, 0.1) is 13.8 Å². The predicted molar refractivity (Wildman–Crippen MR) is 113 cm³/mol. The Balaban J connectivity index is 1.68. The first kappa shape index (κ1) is 21.0. The van der Waals surface area contributed by atoms with E-state index in [-0.39, 0.29) is 24.8 Å². The lowest BCUT2D eigenvalue weighted by Gasteiger charge is -2.07. The van der Waals surface area contributed by atoms with E-state index in [9.17, 15) is 9.59 Å². The summed E-state index contributed by atoms with van der Waals surface area (Å²) in [5.74, 6) is -0.776. The number of carbonyl (C=O) groups excluding carboxylic acids is 2. The van der Waals surface area contributed by atoms with E-state index in [0.29, 0.717) is 16.3 Å². The van der Waals surface area contributed by atoms with E-state index in [0.717, 1.165) is 21.1 Å². The Morgan fingerprint density at radius 2 is 1.83 bits per heavy atom. The molecule has 150 valence electrons. The highest BCUT2D eigenvalue weighted by atomic mass is 35.5. The van der Waals surface area contributed by atoms with Crippen molar-refractivity contribution in [3.8, 4) is 11.3 Å². The van der Waals surface area contributed by atoms with Gasteiger partial charge in [-0.3, -0.25) is 4.79 Å². The standard InChI is InChI=1S/C21H20ClN3O3S/c1-4-28-21(27)16-9-10-17(24-12(16)2)20(26)23-11-18-25-19(13(3)29-18)14-5-7-15(22)8-6-14/h5-10H,4,11H2,1-3H3,(H,23,26). The average molecular weight is 430 g/mol. The molecule has 8 heteroatoms. The van der Waals surface area contributed by atoms with Crippen molar-refractivity contribution in [3.63, 3.8) is 0 Å². The Morgan fingerprint density at radius 3 is 2.48 bits per heavy atom. The van der Waals surface area contributed by atoms with Gasteiger partial charge in [0.25, 0.3) is 5.91 Å². The maximum absolute atomic E-state index is 12.4. The molecule has 0 atom stereocenters. The summed E-state index contributed by atoms with van der Waals surface area (Å²) in [5, 5.41) is 4.29. The van der Waals surface area contributed by atoms with Crippen molar-refractivity contribution < 1.29 is 14.3 Å². The number of thiazole rings is 1. The van der Waals surface area contributed by atoms with Gasteiger partial charge in [-0.25, -0.2) is 14.8 Å². The van der Waals surface area contributed by atoms with Gasteiger partial charge in [-0.05, 0) is 45.0 Å². The summed E-state index contributed by atoms with van der Waals surface area (Å²) in [4.78, 5) is 34.2. The second-order valence-corrected chi connectivity index (χ2v) is 7.98. The van der Waals surface area contributed by atoms with Crippen LogP contribution in [0.25, 0.3) is 11.3 Å². The number of carbonyl (C=O) groups is 2. The SMILES string of the molecule is CCOC(=O)c1ccc(C(=O)NCc2nc(-c3ccc(Cl)cc3)c(C)s2)nc1C. The first-order chi connectivity index (χ1) is 13.9. The number of pyridine rings is 1. The number of hydrogen-bond acceptors (Lipinski definition) is 6. The zero-order valence-electron chi connectivity index (χ0n) is 16.3. The average Bonchev–Trinajstić information content (AvgIpc) is 3.07. The van der Waals surface area contributed by atoms with Crippen LogP contribution in [-0.2, 0) is 11.3 Å². The molecule has 0 fully saturated rings. The number of esters is 1. The van der Waals surface area contributed by atoms with Gasteiger partial charge in [0.2, 0.25) is 0 Å². The summed E-state index contributed by atoms with van der Waals surface area (Å²) in [5.41, 5.74) is 2.90. The van der Waals surface area contributed by atoms with E-state index in [2.05, 4.69) is 15.3 Å². The summed E-state index contributed by atoms with van der Waals surface area (Å²) >= 11 is 7.47. The highest BCUT2D eigenvalue weighted by molar-refractivity contribution is 7.12. The summed E-state index contributed by atoms with van der Waals surface area (Å²) in [6.45, 7) is 5.97. The number of hydrogen-bond donors (Lipinski definition) is 1. The molecule has 0 bridgehead atoms. The number of aryl methyl sites for hydroxylation is 2. The van der Waals surface area contributed by atoms with E-state index in [1.165, 1.54) is 17.4 Å². The Bertz CT molecular complexity index is 1050. The zero-order chi connectivity index (χ0) is 21.0. The molecule has 0 saturated carbocycles. The summed E-state index contributed by atoms with van der Waals surface area (Å²) in [6, 6.07) is 10.6. The number of ether oxygens (including phenoxy) is 1. The van der Waals surface area contributed by atoms with Gasteiger partial charge in [0, 0.05) is 15.5 Å². The molecule has 0 radical (unpaired) electrons. The molecule has 1 aromatic carbocycles. The Kier molecular flexibility index (Phi) is 6.61. The smallest absolute Gasteiger partial charge is 0.339 e. The van der Waals surface area contributed by atoms with Gasteiger partial charge in [-0.1, -0.05) is 23.7 Å². The van der Waals surface area contributed by atoms with Crippen LogP contribution < -0.4 is 5.32 Å². The Morgan fingerprint density at radius 1 is 1.10 bits per heavy atom. The molecule has 0 aliphatic carbocycles. The van der Waals surface area contributed by atoms with Crippen molar-refractivity contribution in [2.24, 2.45) is 0 Å². The van der Waals surface area contributed by atoms with Crippen molar-refractivity contribution in [3.05, 3.63) is 68.3 Å². The van der Waals surface area contributed by atoms with Crippen LogP contribution in [0.15, 0.2) is 36.4 Å². The molecular weight excluding hydrogens is 410 g/mol. The van der Waals surface area contributed by atoms with Gasteiger partial charge >= 0.3 is 5.97 Å². The lowest BCUT2D eigenvalue weighted by atomic mass is 10.1. The molecular formula is C21H20ClN3O3S. The number of nitrogens with one attached hydrogen (secondary N) is 1. The van der Waals surface area contributed by atoms with Crippen LogP contribution in [0.4, 0.5) is 0 Å². The third-order valence-electron chi connectivity index (χ3n) is 4.17. The fourth-order valence-corrected chi connectivity index (χ4v) is 3.78. The van der Waals surface area contributed by atoms with Crippen molar-refractivity contribution >= 4 is 34.8 Å². The quantitative estimate of drug-likeness (QED) is 0.580. The van der Waals surface area contributed by atoms with E-state index >= 15 is 0 Å². The second-order valence-electron chi connectivity index (χ2n) is 6.25. The summed E-state index contributed by atoms with van der Waals surface area (Å²) < 4.78 is 4.98. The number of amides is 1. The van der Waals surface area contributed by atoms with Gasteiger partial charge in [-0.2, -0.15) is 0 Å². The first-order valence-corrected chi connectivity index (χ1v) is 10.2.